The minimum absolute atomic E-state index is 0.144. The number of fused-ring (bicyclic) bond motifs is 1. The van der Waals surface area contributed by atoms with E-state index in [1.165, 1.54) is 122 Å². The van der Waals surface area contributed by atoms with Gasteiger partial charge in [0.1, 0.15) is 11.6 Å². The Morgan fingerprint density at radius 2 is 1.35 bits per heavy atom. The lowest BCUT2D eigenvalue weighted by atomic mass is 9.91. The summed E-state index contributed by atoms with van der Waals surface area (Å²) in [5.41, 5.74) is 7.93. The molecule has 0 spiro atoms. The van der Waals surface area contributed by atoms with Crippen molar-refractivity contribution in [2.45, 2.75) is 128 Å². The maximum absolute atomic E-state index is 14.0. The van der Waals surface area contributed by atoms with Crippen LogP contribution in [-0.4, -0.2) is 49.8 Å². The van der Waals surface area contributed by atoms with E-state index in [9.17, 15) is 4.39 Å². The Bertz CT molecular complexity index is 1070. The number of hydrogen-bond acceptors (Lipinski definition) is 5. The lowest BCUT2D eigenvalue weighted by Gasteiger charge is -2.41. The number of nitrogens with zero attached hydrogens (tertiary/aromatic N) is 4. The van der Waals surface area contributed by atoms with Gasteiger partial charge < -0.3 is 20.4 Å². The minimum atomic E-state index is -0.144. The Morgan fingerprint density at radius 1 is 0.674 bits per heavy atom. The molecule has 2 aromatic rings. The number of hydrogen-bond donors (Lipinski definition) is 1. The summed E-state index contributed by atoms with van der Waals surface area (Å²) in [4.78, 5) is 12.4. The zero-order valence-corrected chi connectivity index (χ0v) is 26.8. The lowest BCUT2D eigenvalue weighted by Crippen LogP contribution is -2.50. The van der Waals surface area contributed by atoms with Crippen molar-refractivity contribution in [3.05, 3.63) is 48.4 Å². The van der Waals surface area contributed by atoms with Gasteiger partial charge in [-0.05, 0) is 75.3 Å². The van der Waals surface area contributed by atoms with Crippen molar-refractivity contribution in [3.63, 3.8) is 0 Å². The largest absolute Gasteiger partial charge is 0.371 e. The summed E-state index contributed by atoms with van der Waals surface area (Å²) >= 11 is 0. The summed E-state index contributed by atoms with van der Waals surface area (Å²) in [6.45, 7) is 5.22. The van der Waals surface area contributed by atoms with Crippen LogP contribution in [0.25, 0.3) is 0 Å². The summed E-state index contributed by atoms with van der Waals surface area (Å²) in [7, 11) is 0. The Balaban J connectivity index is 0.988. The Morgan fingerprint density at radius 3 is 2.05 bits per heavy atom. The predicted molar refractivity (Wildman–Crippen MR) is 181 cm³/mol. The molecular formula is C37H58FN5. The highest BCUT2D eigenvalue weighted by Crippen LogP contribution is 2.37. The third-order valence-electron chi connectivity index (χ3n) is 10.5. The van der Waals surface area contributed by atoms with Gasteiger partial charge in [-0.25, -0.2) is 9.37 Å². The van der Waals surface area contributed by atoms with Crippen LogP contribution in [0.3, 0.4) is 0 Å². The normalized spacial score (nSPS) is 21.0. The monoisotopic (exact) mass is 591 g/mol. The topological polar surface area (TPSA) is 48.6 Å². The van der Waals surface area contributed by atoms with E-state index >= 15 is 0 Å². The van der Waals surface area contributed by atoms with Crippen LogP contribution >= 0.6 is 0 Å². The average molecular weight is 592 g/mol. The maximum Gasteiger partial charge on any atom is 0.130 e. The van der Waals surface area contributed by atoms with E-state index in [0.717, 1.165) is 49.9 Å². The Labute approximate surface area is 261 Å². The van der Waals surface area contributed by atoms with Crippen LogP contribution in [0.5, 0.6) is 0 Å². The number of rotatable bonds is 17. The molecule has 0 saturated carbocycles. The summed E-state index contributed by atoms with van der Waals surface area (Å²) < 4.78 is 14.0. The first-order valence-corrected chi connectivity index (χ1v) is 17.9. The molecule has 2 atom stereocenters. The van der Waals surface area contributed by atoms with E-state index in [4.69, 9.17) is 10.7 Å². The molecular weight excluding hydrogens is 533 g/mol. The fraction of sp³-hybridized carbons (Fsp3) is 0.703. The number of aromatic nitrogens is 1. The summed E-state index contributed by atoms with van der Waals surface area (Å²) in [6.07, 6.45) is 26.2. The van der Waals surface area contributed by atoms with Crippen LogP contribution in [0.15, 0.2) is 42.6 Å². The van der Waals surface area contributed by atoms with Crippen LogP contribution < -0.4 is 20.4 Å². The van der Waals surface area contributed by atoms with Gasteiger partial charge in [0.15, 0.2) is 0 Å². The van der Waals surface area contributed by atoms with Gasteiger partial charge in [0.2, 0.25) is 0 Å². The number of nitrogens with two attached hydrogens (primary N) is 1. The predicted octanol–water partition coefficient (Wildman–Crippen LogP) is 8.71. The van der Waals surface area contributed by atoms with Crippen LogP contribution in [0.2, 0.25) is 0 Å². The number of halogens is 1. The maximum atomic E-state index is 14.0. The summed E-state index contributed by atoms with van der Waals surface area (Å²) in [6, 6.07) is 12.6. The van der Waals surface area contributed by atoms with Gasteiger partial charge in [0.25, 0.3) is 0 Å². The van der Waals surface area contributed by atoms with Crippen molar-refractivity contribution in [1.82, 2.24) is 4.98 Å². The zero-order chi connectivity index (χ0) is 29.7. The zero-order valence-electron chi connectivity index (χ0n) is 26.8. The van der Waals surface area contributed by atoms with Gasteiger partial charge in [-0.1, -0.05) is 83.1 Å². The highest BCUT2D eigenvalue weighted by molar-refractivity contribution is 5.58. The first-order chi connectivity index (χ1) is 21.2. The molecule has 2 N–H and O–H groups in total. The van der Waals surface area contributed by atoms with Crippen molar-refractivity contribution in [1.29, 1.82) is 0 Å². The highest BCUT2D eigenvalue weighted by Gasteiger charge is 2.41. The first kappa shape index (κ1) is 32.1. The first-order valence-electron chi connectivity index (χ1n) is 17.9. The van der Waals surface area contributed by atoms with Crippen LogP contribution in [-0.2, 0) is 0 Å². The number of benzene rings is 1. The van der Waals surface area contributed by atoms with Crippen molar-refractivity contribution < 1.29 is 4.39 Å². The van der Waals surface area contributed by atoms with E-state index in [2.05, 4.69) is 32.9 Å². The molecule has 3 aliphatic rings. The van der Waals surface area contributed by atoms with E-state index in [-0.39, 0.29) is 5.82 Å². The van der Waals surface area contributed by atoms with Crippen molar-refractivity contribution >= 4 is 17.2 Å². The standard InChI is InChI=1S/C37H58FN5/c38-32-16-13-17-34(29-32)42-25-14-18-35-36(42)22-28-43(35)37-30-33(19-24-40-37)41-26-20-31(21-27-41)15-11-9-7-5-3-1-2-4-6-8-10-12-23-39/h13,16-17,19,24,29-31,35-36H,1-12,14-15,18,20-23,25-28,39H2/t35-,36-/m1/s1. The lowest BCUT2D eigenvalue weighted by molar-refractivity contribution is 0.366. The molecule has 4 heterocycles. The van der Waals surface area contributed by atoms with E-state index < -0.39 is 0 Å². The van der Waals surface area contributed by atoms with Gasteiger partial charge in [0.05, 0.1) is 12.1 Å². The fourth-order valence-electron chi connectivity index (χ4n) is 8.03. The van der Waals surface area contributed by atoms with Crippen LogP contribution in [0.4, 0.5) is 21.6 Å². The molecule has 6 heteroatoms. The average Bonchev–Trinajstić information content (AvgIpc) is 3.48. The molecule has 0 bridgehead atoms. The molecule has 1 aromatic carbocycles. The second-order valence-corrected chi connectivity index (χ2v) is 13.6. The number of pyridine rings is 1. The van der Waals surface area contributed by atoms with Crippen LogP contribution in [0, 0.1) is 11.7 Å². The second-order valence-electron chi connectivity index (χ2n) is 13.6. The van der Waals surface area contributed by atoms with Gasteiger partial charge >= 0.3 is 0 Å². The molecule has 0 amide bonds. The summed E-state index contributed by atoms with van der Waals surface area (Å²) in [5, 5.41) is 0. The van der Waals surface area contributed by atoms with Crippen LogP contribution in [0.1, 0.15) is 116 Å². The Kier molecular flexibility index (Phi) is 12.8. The third-order valence-corrected chi connectivity index (χ3v) is 10.5. The molecule has 5 nitrogen and oxygen atoms in total. The number of unbranched alkanes of at least 4 members (excludes halogenated alkanes) is 11. The van der Waals surface area contributed by atoms with E-state index in [1.807, 2.05) is 12.3 Å². The van der Waals surface area contributed by atoms with Crippen molar-refractivity contribution in [2.24, 2.45) is 11.7 Å². The van der Waals surface area contributed by atoms with Gasteiger partial charge in [-0.15, -0.1) is 0 Å². The van der Waals surface area contributed by atoms with E-state index in [1.54, 1.807) is 12.1 Å². The molecule has 3 saturated heterocycles. The molecule has 0 aliphatic carbocycles. The molecule has 3 fully saturated rings. The second kappa shape index (κ2) is 17.2. The third kappa shape index (κ3) is 9.33. The molecule has 0 radical (unpaired) electrons. The van der Waals surface area contributed by atoms with E-state index in [0.29, 0.717) is 12.1 Å². The molecule has 1 aromatic heterocycles. The minimum Gasteiger partial charge on any atom is -0.371 e. The van der Waals surface area contributed by atoms with Gasteiger partial charge in [-0.2, -0.15) is 0 Å². The molecule has 3 aliphatic heterocycles. The molecule has 5 rings (SSSR count). The summed E-state index contributed by atoms with van der Waals surface area (Å²) in [5.74, 6) is 1.87. The van der Waals surface area contributed by atoms with Gasteiger partial charge in [0, 0.05) is 49.8 Å². The number of anilines is 3. The smallest absolute Gasteiger partial charge is 0.130 e. The van der Waals surface area contributed by atoms with Gasteiger partial charge in [-0.3, -0.25) is 0 Å². The molecule has 0 unspecified atom stereocenters. The quantitative estimate of drug-likeness (QED) is 0.186. The molecule has 238 valence electrons. The number of piperidine rings is 2. The molecule has 43 heavy (non-hydrogen) atoms. The van der Waals surface area contributed by atoms with Crippen molar-refractivity contribution in [2.75, 3.05) is 47.4 Å². The SMILES string of the molecule is NCCCCCCCCCCCCCCC1CCN(c2ccnc(N3CC[C@@H]4[C@H]3CCCN4c3cccc(F)c3)c2)CC1. The fourth-order valence-corrected chi connectivity index (χ4v) is 8.03. The highest BCUT2D eigenvalue weighted by atomic mass is 19.1. The van der Waals surface area contributed by atoms with Crippen molar-refractivity contribution in [3.8, 4) is 0 Å². The Hall–Kier alpha value is -2.34.